The summed E-state index contributed by atoms with van der Waals surface area (Å²) in [7, 11) is 1.50. The summed E-state index contributed by atoms with van der Waals surface area (Å²) in [6, 6.07) is 0. The molecule has 1 aromatic rings. The maximum atomic E-state index is 11.9. The smallest absolute Gasteiger partial charge is 0.456 e. The molecule has 0 aromatic carbocycles. The van der Waals surface area contributed by atoms with Crippen LogP contribution in [0.1, 0.15) is 76.2 Å². The Labute approximate surface area is 171 Å². The second kappa shape index (κ2) is 13.6. The third-order valence-corrected chi connectivity index (χ3v) is 4.46. The van der Waals surface area contributed by atoms with E-state index in [0.717, 1.165) is 19.3 Å². The van der Waals surface area contributed by atoms with E-state index in [4.69, 9.17) is 14.6 Å². The Morgan fingerprint density at radius 2 is 1.69 bits per heavy atom. The summed E-state index contributed by atoms with van der Waals surface area (Å²) in [5.41, 5.74) is 0. The van der Waals surface area contributed by atoms with Crippen molar-refractivity contribution in [3.8, 4) is 0 Å². The Balaban J connectivity index is 2.17. The molecule has 2 N–H and O–H groups in total. The number of rotatable bonds is 13. The second-order valence-corrected chi connectivity index (χ2v) is 7.07. The highest BCUT2D eigenvalue weighted by Crippen LogP contribution is 2.09. The van der Waals surface area contributed by atoms with Gasteiger partial charge in [0.1, 0.15) is 6.54 Å². The van der Waals surface area contributed by atoms with Crippen LogP contribution >= 0.6 is 0 Å². The van der Waals surface area contributed by atoms with E-state index >= 15 is 0 Å². The summed E-state index contributed by atoms with van der Waals surface area (Å²) in [6.07, 6.45) is 9.50. The molecule has 9 nitrogen and oxygen atoms in total. The molecule has 0 spiro atoms. The topological polar surface area (TPSA) is 126 Å². The van der Waals surface area contributed by atoms with Crippen molar-refractivity contribution in [1.29, 1.82) is 5.41 Å². The maximum Gasteiger partial charge on any atom is 0.519 e. The van der Waals surface area contributed by atoms with E-state index in [-0.39, 0.29) is 36.5 Å². The van der Waals surface area contributed by atoms with Crippen LogP contribution in [0.25, 0.3) is 0 Å². The Hall–Kier alpha value is -2.58. The first-order valence-electron chi connectivity index (χ1n) is 10.2. The number of esters is 1. The van der Waals surface area contributed by atoms with Crippen LogP contribution in [0.5, 0.6) is 0 Å². The zero-order valence-electron chi connectivity index (χ0n) is 17.7. The molecular formula is C20H33N3O6. The molecule has 0 aliphatic rings. The summed E-state index contributed by atoms with van der Waals surface area (Å²) >= 11 is 0. The summed E-state index contributed by atoms with van der Waals surface area (Å²) < 4.78 is 14.4. The predicted molar refractivity (Wildman–Crippen MR) is 108 cm³/mol. The van der Waals surface area contributed by atoms with Crippen LogP contribution in [-0.2, 0) is 20.9 Å². The van der Waals surface area contributed by atoms with Crippen LogP contribution in [0.2, 0.25) is 0 Å². The van der Waals surface area contributed by atoms with Gasteiger partial charge in [-0.15, -0.1) is 0 Å². The molecule has 0 aliphatic heterocycles. The van der Waals surface area contributed by atoms with Gasteiger partial charge in [-0.1, -0.05) is 51.9 Å². The molecule has 0 bridgehead atoms. The van der Waals surface area contributed by atoms with Crippen LogP contribution in [-0.4, -0.2) is 36.3 Å². The number of hydrogen-bond donors (Lipinski definition) is 2. The van der Waals surface area contributed by atoms with Gasteiger partial charge < -0.3 is 18.5 Å². The van der Waals surface area contributed by atoms with Gasteiger partial charge in [0.25, 0.3) is 0 Å². The molecule has 0 saturated heterocycles. The Morgan fingerprint density at radius 1 is 1.07 bits per heavy atom. The number of likely N-dealkylation sites (N-methyl/N-ethyl adjacent to an activating group) is 1. The van der Waals surface area contributed by atoms with Gasteiger partial charge >= 0.3 is 11.8 Å². The number of amides is 1. The average Bonchev–Trinajstić information content (AvgIpc) is 2.99. The third-order valence-electron chi connectivity index (χ3n) is 4.46. The molecule has 0 saturated carbocycles. The molecule has 1 aromatic heterocycles. The van der Waals surface area contributed by atoms with Crippen LogP contribution in [0.3, 0.4) is 0 Å². The van der Waals surface area contributed by atoms with Crippen LogP contribution in [0.4, 0.5) is 0 Å². The lowest BCUT2D eigenvalue weighted by atomic mass is 10.1. The Morgan fingerprint density at radius 3 is 2.28 bits per heavy atom. The van der Waals surface area contributed by atoms with Gasteiger partial charge in [0.2, 0.25) is 5.91 Å². The highest BCUT2D eigenvalue weighted by Gasteiger charge is 2.15. The lowest BCUT2D eigenvalue weighted by Gasteiger charge is -2.19. The van der Waals surface area contributed by atoms with Gasteiger partial charge in [0.05, 0.1) is 0 Å². The molecule has 0 fully saturated rings. The number of nitrogens with zero attached hydrogens (tertiary/aromatic N) is 1. The van der Waals surface area contributed by atoms with Crippen molar-refractivity contribution in [1.82, 2.24) is 10.2 Å². The summed E-state index contributed by atoms with van der Waals surface area (Å²) in [5.74, 6) is -1.50. The number of nitrogens with one attached hydrogen (secondary N) is 2. The minimum absolute atomic E-state index is 0.139. The number of hydrogen-bond acceptors (Lipinski definition) is 7. The van der Waals surface area contributed by atoms with Crippen molar-refractivity contribution in [3.63, 3.8) is 0 Å². The summed E-state index contributed by atoms with van der Waals surface area (Å²) in [6.45, 7) is 3.26. The molecule has 1 amide bonds. The fourth-order valence-corrected chi connectivity index (χ4v) is 2.68. The van der Waals surface area contributed by atoms with E-state index in [1.165, 1.54) is 51.0 Å². The van der Waals surface area contributed by atoms with Crippen molar-refractivity contribution in [2.24, 2.45) is 0 Å². The zero-order chi connectivity index (χ0) is 21.6. The van der Waals surface area contributed by atoms with E-state index in [9.17, 15) is 14.4 Å². The van der Waals surface area contributed by atoms with Crippen molar-refractivity contribution >= 4 is 17.8 Å². The zero-order valence-corrected chi connectivity index (χ0v) is 17.7. The highest BCUT2D eigenvalue weighted by atomic mass is 16.6. The maximum absolute atomic E-state index is 11.9. The number of aryl methyl sites for hydroxylation is 1. The molecule has 0 unspecified atom stereocenters. The lowest BCUT2D eigenvalue weighted by Crippen LogP contribution is -2.43. The number of unbranched alkanes of at least 4 members (excludes halogenated alkanes) is 7. The lowest BCUT2D eigenvalue weighted by molar-refractivity contribution is -0.145. The fourth-order valence-electron chi connectivity index (χ4n) is 2.68. The van der Waals surface area contributed by atoms with E-state index in [2.05, 4.69) is 16.7 Å². The molecule has 1 heterocycles. The number of carbonyl (C=O) groups is 2. The number of guanidine groups is 1. The van der Waals surface area contributed by atoms with Gasteiger partial charge in [-0.3, -0.25) is 20.3 Å². The molecule has 0 aliphatic carbocycles. The summed E-state index contributed by atoms with van der Waals surface area (Å²) in [5, 5.41) is 10.4. The van der Waals surface area contributed by atoms with Crippen LogP contribution in [0.15, 0.2) is 13.6 Å². The number of carbonyl (C=O) groups excluding carboxylic acids is 2. The summed E-state index contributed by atoms with van der Waals surface area (Å²) in [4.78, 5) is 36.0. The van der Waals surface area contributed by atoms with E-state index in [1.54, 1.807) is 0 Å². The highest BCUT2D eigenvalue weighted by molar-refractivity contribution is 5.96. The van der Waals surface area contributed by atoms with Crippen molar-refractivity contribution in [2.75, 3.05) is 13.6 Å². The molecular weight excluding hydrogens is 378 g/mol. The van der Waals surface area contributed by atoms with Crippen LogP contribution < -0.4 is 11.1 Å². The fraction of sp³-hybridized carbons (Fsp3) is 0.700. The Bertz CT molecular complexity index is 709. The first-order chi connectivity index (χ1) is 13.8. The predicted octanol–water partition coefficient (Wildman–Crippen LogP) is 3.10. The van der Waals surface area contributed by atoms with Gasteiger partial charge in [-0.25, -0.2) is 4.79 Å². The van der Waals surface area contributed by atoms with Gasteiger partial charge in [0.15, 0.2) is 24.1 Å². The molecule has 9 heteroatoms. The number of ether oxygens (including phenoxy) is 1. The van der Waals surface area contributed by atoms with E-state index in [0.29, 0.717) is 6.42 Å². The van der Waals surface area contributed by atoms with Crippen molar-refractivity contribution in [2.45, 2.75) is 78.2 Å². The van der Waals surface area contributed by atoms with Gasteiger partial charge in [0, 0.05) is 13.5 Å². The minimum atomic E-state index is -0.855. The molecule has 29 heavy (non-hydrogen) atoms. The second-order valence-electron chi connectivity index (χ2n) is 7.07. The largest absolute Gasteiger partial charge is 0.519 e. The molecule has 0 atom stereocenters. The first kappa shape index (κ1) is 24.5. The first-order valence-corrected chi connectivity index (χ1v) is 10.2. The van der Waals surface area contributed by atoms with Gasteiger partial charge in [-0.05, 0) is 13.3 Å². The van der Waals surface area contributed by atoms with Crippen molar-refractivity contribution in [3.05, 3.63) is 22.1 Å². The van der Waals surface area contributed by atoms with Gasteiger partial charge in [-0.2, -0.15) is 0 Å². The molecule has 0 radical (unpaired) electrons. The normalized spacial score (nSPS) is 10.6. The monoisotopic (exact) mass is 411 g/mol. The quantitative estimate of drug-likeness (QED) is 0.221. The SMILES string of the molecule is CCCCCCCCCCC(=O)NC(=N)N(C)CC(=O)OCc1oc(=O)oc1C. The van der Waals surface area contributed by atoms with Crippen molar-refractivity contribution < 1.29 is 23.2 Å². The standard InChI is InChI=1S/C20H33N3O6/c1-4-5-6-7-8-9-10-11-12-17(24)22-19(21)23(3)13-18(25)27-14-16-15(2)28-20(26)29-16/h4-14H2,1-3H3,(H2,21,22,24). The average molecular weight is 411 g/mol. The third kappa shape index (κ3) is 10.5. The van der Waals surface area contributed by atoms with E-state index in [1.807, 2.05) is 0 Å². The Kier molecular flexibility index (Phi) is 11.4. The molecule has 1 rings (SSSR count). The van der Waals surface area contributed by atoms with E-state index < -0.39 is 11.8 Å². The molecule has 164 valence electrons. The minimum Gasteiger partial charge on any atom is -0.456 e. The van der Waals surface area contributed by atoms with Crippen LogP contribution in [0, 0.1) is 12.3 Å².